The molecule has 2 rings (SSSR count). The zero-order valence-electron chi connectivity index (χ0n) is 11.0. The number of piperidine rings is 1. The molecule has 1 aromatic rings. The number of ether oxygens (including phenoxy) is 1. The van der Waals surface area contributed by atoms with E-state index in [0.717, 1.165) is 18.7 Å². The largest absolute Gasteiger partial charge is 0.450 e. The van der Waals surface area contributed by atoms with E-state index in [1.165, 1.54) is 6.33 Å². The van der Waals surface area contributed by atoms with E-state index in [9.17, 15) is 4.79 Å². The Morgan fingerprint density at radius 2 is 2.26 bits per heavy atom. The molecule has 0 bridgehead atoms. The van der Waals surface area contributed by atoms with Gasteiger partial charge in [-0.2, -0.15) is 0 Å². The van der Waals surface area contributed by atoms with Gasteiger partial charge < -0.3 is 20.7 Å². The Kier molecular flexibility index (Phi) is 4.38. The van der Waals surface area contributed by atoms with Gasteiger partial charge in [0.25, 0.3) is 0 Å². The first-order chi connectivity index (χ1) is 9.19. The fourth-order valence-corrected chi connectivity index (χ4v) is 2.08. The van der Waals surface area contributed by atoms with E-state index in [2.05, 4.69) is 15.3 Å². The minimum absolute atomic E-state index is 0.229. The number of amides is 1. The molecule has 7 nitrogen and oxygen atoms in total. The van der Waals surface area contributed by atoms with E-state index >= 15 is 0 Å². The predicted octanol–water partition coefficient (Wildman–Crippen LogP) is 1.09. The van der Waals surface area contributed by atoms with Gasteiger partial charge >= 0.3 is 6.09 Å². The number of rotatable bonds is 3. The number of nitrogens with two attached hydrogens (primary N) is 1. The fourth-order valence-electron chi connectivity index (χ4n) is 2.08. The molecular formula is C12H19N5O2. The molecule has 19 heavy (non-hydrogen) atoms. The lowest BCUT2D eigenvalue weighted by atomic mass is 10.1. The minimum Gasteiger partial charge on any atom is -0.450 e. The van der Waals surface area contributed by atoms with Crippen molar-refractivity contribution in [2.45, 2.75) is 25.8 Å². The van der Waals surface area contributed by atoms with Gasteiger partial charge in [0.2, 0.25) is 0 Å². The van der Waals surface area contributed by atoms with Gasteiger partial charge in [-0.05, 0) is 19.8 Å². The van der Waals surface area contributed by atoms with Crippen LogP contribution in [0.1, 0.15) is 19.8 Å². The van der Waals surface area contributed by atoms with Crippen molar-refractivity contribution >= 4 is 17.7 Å². The monoisotopic (exact) mass is 265 g/mol. The summed E-state index contributed by atoms with van der Waals surface area (Å²) in [6, 6.07) is 2.00. The smallest absolute Gasteiger partial charge is 0.409 e. The van der Waals surface area contributed by atoms with Crippen molar-refractivity contribution in [2.24, 2.45) is 0 Å². The maximum Gasteiger partial charge on any atom is 0.409 e. The third-order valence-electron chi connectivity index (χ3n) is 3.06. The summed E-state index contributed by atoms with van der Waals surface area (Å²) < 4.78 is 4.98. The fraction of sp³-hybridized carbons (Fsp3) is 0.583. The average molecular weight is 265 g/mol. The number of nitrogen functional groups attached to an aromatic ring is 1. The van der Waals surface area contributed by atoms with Crippen molar-refractivity contribution in [1.82, 2.24) is 14.9 Å². The molecule has 0 unspecified atom stereocenters. The molecular weight excluding hydrogens is 246 g/mol. The second-order valence-electron chi connectivity index (χ2n) is 4.43. The lowest BCUT2D eigenvalue weighted by Gasteiger charge is -2.31. The number of carbonyl (C=O) groups is 1. The molecule has 104 valence electrons. The van der Waals surface area contributed by atoms with Crippen LogP contribution in [-0.4, -0.2) is 46.7 Å². The first kappa shape index (κ1) is 13.4. The first-order valence-corrected chi connectivity index (χ1v) is 6.44. The van der Waals surface area contributed by atoms with Crippen molar-refractivity contribution in [3.8, 4) is 0 Å². The number of hydrogen-bond donors (Lipinski definition) is 2. The summed E-state index contributed by atoms with van der Waals surface area (Å²) >= 11 is 0. The van der Waals surface area contributed by atoms with Crippen LogP contribution in [-0.2, 0) is 4.74 Å². The Labute approximate surface area is 112 Å². The molecule has 1 amide bonds. The molecule has 3 N–H and O–H groups in total. The van der Waals surface area contributed by atoms with Crippen molar-refractivity contribution in [1.29, 1.82) is 0 Å². The number of hydrogen-bond acceptors (Lipinski definition) is 6. The van der Waals surface area contributed by atoms with E-state index < -0.39 is 0 Å². The van der Waals surface area contributed by atoms with Crippen LogP contribution in [0.25, 0.3) is 0 Å². The van der Waals surface area contributed by atoms with Gasteiger partial charge in [0, 0.05) is 25.2 Å². The highest BCUT2D eigenvalue weighted by molar-refractivity contribution is 5.67. The number of anilines is 2. The Hall–Kier alpha value is -2.05. The van der Waals surface area contributed by atoms with Crippen LogP contribution in [0.4, 0.5) is 16.4 Å². The molecule has 0 spiro atoms. The second kappa shape index (κ2) is 6.21. The molecule has 1 aromatic heterocycles. The summed E-state index contributed by atoms with van der Waals surface area (Å²) in [7, 11) is 0. The van der Waals surface area contributed by atoms with Crippen LogP contribution in [0.15, 0.2) is 12.4 Å². The molecule has 0 atom stereocenters. The maximum atomic E-state index is 11.6. The number of likely N-dealkylation sites (tertiary alicyclic amines) is 1. The summed E-state index contributed by atoms with van der Waals surface area (Å²) in [6.45, 7) is 3.61. The number of nitrogens with one attached hydrogen (secondary N) is 1. The van der Waals surface area contributed by atoms with Crippen molar-refractivity contribution in [3.05, 3.63) is 12.4 Å². The zero-order valence-corrected chi connectivity index (χ0v) is 11.0. The Morgan fingerprint density at radius 3 is 2.89 bits per heavy atom. The third kappa shape index (κ3) is 3.70. The summed E-state index contributed by atoms with van der Waals surface area (Å²) in [5, 5.41) is 3.30. The highest BCUT2D eigenvalue weighted by Gasteiger charge is 2.23. The first-order valence-electron chi connectivity index (χ1n) is 6.44. The summed E-state index contributed by atoms with van der Waals surface area (Å²) in [6.07, 6.45) is 2.93. The van der Waals surface area contributed by atoms with Crippen LogP contribution in [0.2, 0.25) is 0 Å². The lowest BCUT2D eigenvalue weighted by Crippen LogP contribution is -2.42. The number of aromatic nitrogens is 2. The number of carbonyl (C=O) groups excluding carboxylic acids is 1. The quantitative estimate of drug-likeness (QED) is 0.849. The van der Waals surface area contributed by atoms with E-state index in [1.807, 2.05) is 6.92 Å². The molecule has 0 aliphatic carbocycles. The maximum absolute atomic E-state index is 11.6. The average Bonchev–Trinajstić information content (AvgIpc) is 2.40. The Bertz CT molecular complexity index is 432. The van der Waals surface area contributed by atoms with E-state index in [4.69, 9.17) is 10.5 Å². The molecule has 0 aromatic carbocycles. The van der Waals surface area contributed by atoms with E-state index in [0.29, 0.717) is 31.6 Å². The van der Waals surface area contributed by atoms with Crippen molar-refractivity contribution in [3.63, 3.8) is 0 Å². The van der Waals surface area contributed by atoms with Gasteiger partial charge in [-0.25, -0.2) is 14.8 Å². The zero-order chi connectivity index (χ0) is 13.7. The molecule has 1 saturated heterocycles. The van der Waals surface area contributed by atoms with Gasteiger partial charge in [-0.3, -0.25) is 0 Å². The summed E-state index contributed by atoms with van der Waals surface area (Å²) in [5.41, 5.74) is 5.60. The molecule has 1 aliphatic rings. The van der Waals surface area contributed by atoms with Gasteiger partial charge in [-0.15, -0.1) is 0 Å². The Balaban J connectivity index is 1.82. The van der Waals surface area contributed by atoms with Crippen LogP contribution in [0.3, 0.4) is 0 Å². The standard InChI is InChI=1S/C12H19N5O2/c1-2-19-12(18)17-5-3-9(4-6-17)16-11-7-10(13)14-8-15-11/h7-9H,2-6H2,1H3,(H3,13,14,15,16). The SMILES string of the molecule is CCOC(=O)N1CCC(Nc2cc(N)ncn2)CC1. The highest BCUT2D eigenvalue weighted by Crippen LogP contribution is 2.16. The number of nitrogens with zero attached hydrogens (tertiary/aromatic N) is 3. The molecule has 0 saturated carbocycles. The van der Waals surface area contributed by atoms with Crippen molar-refractivity contribution in [2.75, 3.05) is 30.7 Å². The normalized spacial score (nSPS) is 16.2. The van der Waals surface area contributed by atoms with Crippen molar-refractivity contribution < 1.29 is 9.53 Å². The highest BCUT2D eigenvalue weighted by atomic mass is 16.6. The molecule has 1 aliphatic heterocycles. The molecule has 2 heterocycles. The lowest BCUT2D eigenvalue weighted by molar-refractivity contribution is 0.0983. The van der Waals surface area contributed by atoms with Crippen LogP contribution in [0.5, 0.6) is 0 Å². The second-order valence-corrected chi connectivity index (χ2v) is 4.43. The Morgan fingerprint density at radius 1 is 1.53 bits per heavy atom. The molecule has 0 radical (unpaired) electrons. The summed E-state index contributed by atoms with van der Waals surface area (Å²) in [5.74, 6) is 1.17. The van der Waals surface area contributed by atoms with Crippen LogP contribution < -0.4 is 11.1 Å². The predicted molar refractivity (Wildman–Crippen MR) is 71.7 cm³/mol. The third-order valence-corrected chi connectivity index (χ3v) is 3.06. The van der Waals surface area contributed by atoms with E-state index in [1.54, 1.807) is 11.0 Å². The molecule has 7 heteroatoms. The summed E-state index contributed by atoms with van der Waals surface area (Å²) in [4.78, 5) is 21.2. The van der Waals surface area contributed by atoms with Gasteiger partial charge in [-0.1, -0.05) is 0 Å². The van der Waals surface area contributed by atoms with Gasteiger partial charge in [0.1, 0.15) is 18.0 Å². The molecule has 1 fully saturated rings. The van der Waals surface area contributed by atoms with Gasteiger partial charge in [0.05, 0.1) is 6.61 Å². The topological polar surface area (TPSA) is 93.4 Å². The van der Waals surface area contributed by atoms with Gasteiger partial charge in [0.15, 0.2) is 0 Å². The van der Waals surface area contributed by atoms with Crippen LogP contribution >= 0.6 is 0 Å². The van der Waals surface area contributed by atoms with E-state index in [-0.39, 0.29) is 6.09 Å². The van der Waals surface area contributed by atoms with Crippen LogP contribution in [0, 0.1) is 0 Å². The minimum atomic E-state index is -0.229.